The third-order valence-corrected chi connectivity index (χ3v) is 6.19. The van der Waals surface area contributed by atoms with E-state index in [1.807, 2.05) is 42.5 Å². The quantitative estimate of drug-likeness (QED) is 0.721. The molecule has 1 fully saturated rings. The van der Waals surface area contributed by atoms with Crippen molar-refractivity contribution in [1.29, 1.82) is 0 Å². The van der Waals surface area contributed by atoms with Crippen LogP contribution in [0.5, 0.6) is 5.75 Å². The number of benzene rings is 2. The first kappa shape index (κ1) is 21.2. The van der Waals surface area contributed by atoms with Crippen LogP contribution in [0.2, 0.25) is 5.02 Å². The Bertz CT molecular complexity index is 853. The van der Waals surface area contributed by atoms with Gasteiger partial charge in [0.1, 0.15) is 5.75 Å². The third kappa shape index (κ3) is 4.08. The van der Waals surface area contributed by atoms with Gasteiger partial charge in [0.2, 0.25) is 0 Å². The molecule has 1 saturated heterocycles. The van der Waals surface area contributed by atoms with Crippen LogP contribution in [0, 0.1) is 0 Å². The molecule has 2 aromatic rings. The number of aliphatic hydroxyl groups is 1. The van der Waals surface area contributed by atoms with Gasteiger partial charge >= 0.3 is 0 Å². The molecule has 2 aliphatic rings. The summed E-state index contributed by atoms with van der Waals surface area (Å²) in [4.78, 5) is 0. The number of halogens is 2. The zero-order valence-electron chi connectivity index (χ0n) is 16.1. The molecule has 4 rings (SSSR count). The van der Waals surface area contributed by atoms with Gasteiger partial charge in [-0.15, -0.1) is 12.4 Å². The maximum absolute atomic E-state index is 11.3. The number of ether oxygens (including phenoxy) is 1. The molecule has 150 valence electrons. The summed E-state index contributed by atoms with van der Waals surface area (Å²) in [7, 11) is 1.71. The normalized spacial score (nSPS) is 24.0. The fourth-order valence-electron chi connectivity index (χ4n) is 4.55. The molecule has 0 aromatic heterocycles. The summed E-state index contributed by atoms with van der Waals surface area (Å²) < 4.78 is 5.56. The first-order chi connectivity index (χ1) is 13.1. The Morgan fingerprint density at radius 1 is 1.21 bits per heavy atom. The lowest BCUT2D eigenvalue weighted by Gasteiger charge is -2.39. The zero-order valence-corrected chi connectivity index (χ0v) is 17.7. The Labute approximate surface area is 178 Å². The second-order valence-electron chi connectivity index (χ2n) is 7.58. The van der Waals surface area contributed by atoms with Crippen molar-refractivity contribution in [2.75, 3.05) is 13.7 Å². The summed E-state index contributed by atoms with van der Waals surface area (Å²) in [6, 6.07) is 14.1. The van der Waals surface area contributed by atoms with E-state index in [0.29, 0.717) is 6.42 Å². The minimum Gasteiger partial charge on any atom is -0.496 e. The largest absolute Gasteiger partial charge is 0.496 e. The van der Waals surface area contributed by atoms with Gasteiger partial charge in [-0.25, -0.2) is 0 Å². The van der Waals surface area contributed by atoms with Crippen LogP contribution >= 0.6 is 24.0 Å². The lowest BCUT2D eigenvalue weighted by Crippen LogP contribution is -2.46. The highest BCUT2D eigenvalue weighted by Gasteiger charge is 2.36. The molecule has 3 nitrogen and oxygen atoms in total. The van der Waals surface area contributed by atoms with Crippen LogP contribution in [0.15, 0.2) is 48.5 Å². The van der Waals surface area contributed by atoms with Crippen molar-refractivity contribution in [3.05, 3.63) is 70.3 Å². The van der Waals surface area contributed by atoms with Crippen molar-refractivity contribution in [2.45, 2.75) is 43.7 Å². The van der Waals surface area contributed by atoms with E-state index in [4.69, 9.17) is 16.3 Å². The van der Waals surface area contributed by atoms with Gasteiger partial charge in [0.15, 0.2) is 0 Å². The van der Waals surface area contributed by atoms with Crippen LogP contribution in [0.25, 0.3) is 5.57 Å². The van der Waals surface area contributed by atoms with E-state index >= 15 is 0 Å². The van der Waals surface area contributed by atoms with E-state index in [1.54, 1.807) is 7.11 Å². The number of hydrogen-bond donors (Lipinski definition) is 2. The number of allylic oxidation sites excluding steroid dienone is 1. The van der Waals surface area contributed by atoms with Crippen LogP contribution in [0.4, 0.5) is 0 Å². The summed E-state index contributed by atoms with van der Waals surface area (Å²) in [6.45, 7) is 0.808. The second kappa shape index (κ2) is 8.87. The SMILES string of the molecule is COc1ccc(Cl)c2c1CCC=C2CC1CC(O)(c2ccccc2)CCN1.Cl. The standard InChI is InChI=1S/C23H26ClNO2.ClH/c1-27-21-11-10-20(24)22-16(6-5-9-19(21)22)14-18-15-23(26,12-13-25-18)17-7-3-2-4-8-17;/h2-4,6-8,10-11,18,25-26H,5,9,12-15H2,1H3;1H. The zero-order chi connectivity index (χ0) is 18.9. The Morgan fingerprint density at radius 3 is 2.75 bits per heavy atom. The van der Waals surface area contributed by atoms with E-state index in [0.717, 1.165) is 54.1 Å². The molecule has 0 amide bonds. The number of rotatable bonds is 4. The fraction of sp³-hybridized carbons (Fsp3) is 0.391. The van der Waals surface area contributed by atoms with Gasteiger partial charge in [-0.2, -0.15) is 0 Å². The minimum atomic E-state index is -0.770. The van der Waals surface area contributed by atoms with Crippen molar-refractivity contribution in [1.82, 2.24) is 5.32 Å². The van der Waals surface area contributed by atoms with Gasteiger partial charge < -0.3 is 15.2 Å². The number of methoxy groups -OCH3 is 1. The highest BCUT2D eigenvalue weighted by Crippen LogP contribution is 2.41. The number of fused-ring (bicyclic) bond motifs is 1. The third-order valence-electron chi connectivity index (χ3n) is 5.88. The minimum absolute atomic E-state index is 0. The van der Waals surface area contributed by atoms with Crippen LogP contribution < -0.4 is 10.1 Å². The molecule has 0 saturated carbocycles. The van der Waals surface area contributed by atoms with E-state index in [-0.39, 0.29) is 18.4 Å². The van der Waals surface area contributed by atoms with E-state index < -0.39 is 5.60 Å². The van der Waals surface area contributed by atoms with E-state index in [1.165, 1.54) is 11.1 Å². The van der Waals surface area contributed by atoms with Gasteiger partial charge in [0.25, 0.3) is 0 Å². The maximum atomic E-state index is 11.3. The van der Waals surface area contributed by atoms with Gasteiger partial charge in [0.05, 0.1) is 12.7 Å². The molecular formula is C23H27Cl2NO2. The molecule has 0 spiro atoms. The summed E-state index contributed by atoms with van der Waals surface area (Å²) in [5.74, 6) is 0.914. The van der Waals surface area contributed by atoms with E-state index in [9.17, 15) is 5.11 Å². The molecule has 1 aliphatic carbocycles. The Balaban J connectivity index is 0.00000225. The summed E-state index contributed by atoms with van der Waals surface area (Å²) in [6.07, 6.45) is 6.53. The molecule has 5 heteroatoms. The van der Waals surface area contributed by atoms with Crippen LogP contribution in [-0.4, -0.2) is 24.8 Å². The van der Waals surface area contributed by atoms with Crippen molar-refractivity contribution in [2.24, 2.45) is 0 Å². The summed E-state index contributed by atoms with van der Waals surface area (Å²) >= 11 is 6.57. The fourth-order valence-corrected chi connectivity index (χ4v) is 4.85. The van der Waals surface area contributed by atoms with Crippen molar-refractivity contribution in [3.8, 4) is 5.75 Å². The molecule has 0 radical (unpaired) electrons. The van der Waals surface area contributed by atoms with Gasteiger partial charge in [-0.1, -0.05) is 48.0 Å². The Morgan fingerprint density at radius 2 is 2.00 bits per heavy atom. The lowest BCUT2D eigenvalue weighted by atomic mass is 9.78. The van der Waals surface area contributed by atoms with Crippen molar-refractivity contribution < 1.29 is 9.84 Å². The molecule has 1 heterocycles. The van der Waals surface area contributed by atoms with Gasteiger partial charge in [-0.05, 0) is 61.9 Å². The number of hydrogen-bond acceptors (Lipinski definition) is 3. The van der Waals surface area contributed by atoms with Gasteiger partial charge in [0, 0.05) is 22.2 Å². The number of piperidine rings is 1. The van der Waals surface area contributed by atoms with Crippen molar-refractivity contribution >= 4 is 29.6 Å². The molecular weight excluding hydrogens is 393 g/mol. The van der Waals surface area contributed by atoms with E-state index in [2.05, 4.69) is 11.4 Å². The Hall–Kier alpha value is -1.52. The molecule has 2 aromatic carbocycles. The number of nitrogens with one attached hydrogen (secondary N) is 1. The lowest BCUT2D eigenvalue weighted by molar-refractivity contribution is -0.00825. The molecule has 28 heavy (non-hydrogen) atoms. The van der Waals surface area contributed by atoms with Gasteiger partial charge in [-0.3, -0.25) is 0 Å². The average Bonchev–Trinajstić information content (AvgIpc) is 2.69. The predicted octanol–water partition coefficient (Wildman–Crippen LogP) is 5.13. The molecule has 0 bridgehead atoms. The first-order valence-electron chi connectivity index (χ1n) is 9.67. The Kier molecular flexibility index (Phi) is 6.72. The summed E-state index contributed by atoms with van der Waals surface area (Å²) in [5, 5.41) is 15.6. The highest BCUT2D eigenvalue weighted by atomic mass is 35.5. The highest BCUT2D eigenvalue weighted by molar-refractivity contribution is 6.32. The first-order valence-corrected chi connectivity index (χ1v) is 10.0. The van der Waals surface area contributed by atoms with Crippen LogP contribution in [0.1, 0.15) is 42.4 Å². The predicted molar refractivity (Wildman–Crippen MR) is 118 cm³/mol. The van der Waals surface area contributed by atoms with Crippen molar-refractivity contribution in [3.63, 3.8) is 0 Å². The molecule has 2 atom stereocenters. The van der Waals surface area contributed by atoms with Crippen LogP contribution in [-0.2, 0) is 12.0 Å². The smallest absolute Gasteiger partial charge is 0.122 e. The monoisotopic (exact) mass is 419 g/mol. The summed E-state index contributed by atoms with van der Waals surface area (Å²) in [5.41, 5.74) is 3.83. The average molecular weight is 420 g/mol. The molecule has 1 aliphatic heterocycles. The van der Waals surface area contributed by atoms with Crippen LogP contribution in [0.3, 0.4) is 0 Å². The molecule has 2 N–H and O–H groups in total. The maximum Gasteiger partial charge on any atom is 0.122 e. The topological polar surface area (TPSA) is 41.5 Å². The second-order valence-corrected chi connectivity index (χ2v) is 7.99. The molecule has 2 unspecified atom stereocenters.